The Balaban J connectivity index is 1.93. The molecule has 2 amide bonds. The second-order valence-electron chi connectivity index (χ2n) is 5.93. The van der Waals surface area contributed by atoms with Crippen molar-refractivity contribution in [3.8, 4) is 0 Å². The quantitative estimate of drug-likeness (QED) is 0.874. The van der Waals surface area contributed by atoms with E-state index in [1.807, 2.05) is 50.5 Å². The molecular weight excluding hydrogens is 324 g/mol. The van der Waals surface area contributed by atoms with Crippen LogP contribution >= 0.6 is 11.6 Å². The first kappa shape index (κ1) is 18.2. The summed E-state index contributed by atoms with van der Waals surface area (Å²) in [6.45, 7) is 1.07. The average Bonchev–Trinajstić information content (AvgIpc) is 2.57. The zero-order valence-electron chi connectivity index (χ0n) is 14.2. The summed E-state index contributed by atoms with van der Waals surface area (Å²) in [5.41, 5.74) is 2.16. The molecule has 1 aromatic heterocycles. The number of nitrogens with zero attached hydrogens (tertiary/aromatic N) is 3. The first-order valence-electron chi connectivity index (χ1n) is 7.77. The van der Waals surface area contributed by atoms with E-state index in [0.29, 0.717) is 18.1 Å². The van der Waals surface area contributed by atoms with Gasteiger partial charge in [0, 0.05) is 37.6 Å². The van der Waals surface area contributed by atoms with E-state index in [2.05, 4.69) is 15.2 Å². The van der Waals surface area contributed by atoms with Crippen molar-refractivity contribution < 1.29 is 4.79 Å². The molecule has 0 aliphatic heterocycles. The fourth-order valence-corrected chi connectivity index (χ4v) is 2.56. The van der Waals surface area contributed by atoms with Gasteiger partial charge in [0.15, 0.2) is 0 Å². The lowest BCUT2D eigenvalue weighted by Gasteiger charge is -2.26. The van der Waals surface area contributed by atoms with Crippen molar-refractivity contribution in [2.24, 2.45) is 0 Å². The number of amides is 2. The SMILES string of the molecule is CN(Cc1ccncc1)C(=O)NC[C@@H](c1ccc(Cl)cc1)N(C)C. The highest BCUT2D eigenvalue weighted by molar-refractivity contribution is 6.30. The van der Waals surface area contributed by atoms with Gasteiger partial charge in [0.25, 0.3) is 0 Å². The monoisotopic (exact) mass is 346 g/mol. The molecular formula is C18H23ClN4O. The number of hydrogen-bond acceptors (Lipinski definition) is 3. The number of pyridine rings is 1. The van der Waals surface area contributed by atoms with Gasteiger partial charge in [0.2, 0.25) is 0 Å². The molecule has 1 atom stereocenters. The molecule has 0 bridgehead atoms. The summed E-state index contributed by atoms with van der Waals surface area (Å²) in [5, 5.41) is 3.70. The minimum absolute atomic E-state index is 0.0838. The van der Waals surface area contributed by atoms with E-state index in [1.165, 1.54) is 0 Å². The first-order chi connectivity index (χ1) is 11.5. The van der Waals surface area contributed by atoms with Gasteiger partial charge < -0.3 is 15.1 Å². The van der Waals surface area contributed by atoms with Gasteiger partial charge in [-0.15, -0.1) is 0 Å². The van der Waals surface area contributed by atoms with E-state index in [1.54, 1.807) is 24.3 Å². The summed E-state index contributed by atoms with van der Waals surface area (Å²) < 4.78 is 0. The van der Waals surface area contributed by atoms with Gasteiger partial charge >= 0.3 is 6.03 Å². The molecule has 0 saturated carbocycles. The molecule has 128 valence electrons. The predicted octanol–water partition coefficient (Wildman–Crippen LogP) is 3.18. The van der Waals surface area contributed by atoms with Crippen molar-refractivity contribution in [2.75, 3.05) is 27.7 Å². The van der Waals surface area contributed by atoms with Crippen molar-refractivity contribution in [1.29, 1.82) is 0 Å². The second-order valence-corrected chi connectivity index (χ2v) is 6.36. The molecule has 1 aromatic carbocycles. The molecule has 5 nitrogen and oxygen atoms in total. The number of carbonyl (C=O) groups excluding carboxylic acids is 1. The molecule has 24 heavy (non-hydrogen) atoms. The van der Waals surface area contributed by atoms with Crippen LogP contribution in [-0.2, 0) is 6.54 Å². The molecule has 6 heteroatoms. The van der Waals surface area contributed by atoms with Gasteiger partial charge in [0.1, 0.15) is 0 Å². The Labute approximate surface area is 148 Å². The van der Waals surface area contributed by atoms with Crippen molar-refractivity contribution in [1.82, 2.24) is 20.1 Å². The van der Waals surface area contributed by atoms with Gasteiger partial charge in [-0.05, 0) is 49.5 Å². The fourth-order valence-electron chi connectivity index (χ4n) is 2.44. The number of nitrogens with one attached hydrogen (secondary N) is 1. The number of urea groups is 1. The van der Waals surface area contributed by atoms with E-state index < -0.39 is 0 Å². The normalized spacial score (nSPS) is 12.0. The van der Waals surface area contributed by atoms with Crippen molar-refractivity contribution in [3.63, 3.8) is 0 Å². The van der Waals surface area contributed by atoms with Gasteiger partial charge in [-0.25, -0.2) is 4.79 Å². The minimum Gasteiger partial charge on any atom is -0.336 e. The Morgan fingerprint density at radius 1 is 1.12 bits per heavy atom. The summed E-state index contributed by atoms with van der Waals surface area (Å²) >= 11 is 5.95. The second kappa shape index (κ2) is 8.66. The van der Waals surface area contributed by atoms with Crippen LogP contribution in [0.25, 0.3) is 0 Å². The molecule has 0 fully saturated rings. The molecule has 0 unspecified atom stereocenters. The maximum atomic E-state index is 12.3. The van der Waals surface area contributed by atoms with Crippen LogP contribution in [0, 0.1) is 0 Å². The van der Waals surface area contributed by atoms with Crippen LogP contribution in [0.2, 0.25) is 5.02 Å². The largest absolute Gasteiger partial charge is 0.336 e. The third kappa shape index (κ3) is 5.22. The third-order valence-corrected chi connectivity index (χ3v) is 4.09. The molecule has 2 aromatic rings. The lowest BCUT2D eigenvalue weighted by Crippen LogP contribution is -2.41. The Bertz CT molecular complexity index is 646. The minimum atomic E-state index is -0.104. The van der Waals surface area contributed by atoms with Crippen LogP contribution in [-0.4, -0.2) is 48.5 Å². The van der Waals surface area contributed by atoms with Gasteiger partial charge in [-0.2, -0.15) is 0 Å². The highest BCUT2D eigenvalue weighted by Gasteiger charge is 2.16. The number of likely N-dealkylation sites (N-methyl/N-ethyl adjacent to an activating group) is 1. The number of halogens is 1. The van der Waals surface area contributed by atoms with Crippen LogP contribution in [0.1, 0.15) is 17.2 Å². The Morgan fingerprint density at radius 2 is 1.75 bits per heavy atom. The lowest BCUT2D eigenvalue weighted by atomic mass is 10.1. The lowest BCUT2D eigenvalue weighted by molar-refractivity contribution is 0.200. The number of hydrogen-bond donors (Lipinski definition) is 1. The smallest absolute Gasteiger partial charge is 0.317 e. The van der Waals surface area contributed by atoms with Crippen LogP contribution < -0.4 is 5.32 Å². The standard InChI is InChI=1S/C18H23ClN4O/c1-22(2)17(15-4-6-16(19)7-5-15)12-21-18(24)23(3)13-14-8-10-20-11-9-14/h4-11,17H,12-13H2,1-3H3,(H,21,24)/t17-/m0/s1. The summed E-state index contributed by atoms with van der Waals surface area (Å²) in [6.07, 6.45) is 3.45. The molecule has 2 rings (SSSR count). The molecule has 1 N–H and O–H groups in total. The number of rotatable bonds is 6. The van der Waals surface area contributed by atoms with E-state index in [9.17, 15) is 4.79 Å². The molecule has 0 aliphatic carbocycles. The van der Waals surface area contributed by atoms with Crippen molar-refractivity contribution >= 4 is 17.6 Å². The van der Waals surface area contributed by atoms with Crippen molar-refractivity contribution in [2.45, 2.75) is 12.6 Å². The van der Waals surface area contributed by atoms with E-state index >= 15 is 0 Å². The van der Waals surface area contributed by atoms with Crippen LogP contribution in [0.5, 0.6) is 0 Å². The van der Waals surface area contributed by atoms with Gasteiger partial charge in [0.05, 0.1) is 6.04 Å². The fraction of sp³-hybridized carbons (Fsp3) is 0.333. The Morgan fingerprint density at radius 3 is 2.33 bits per heavy atom. The van der Waals surface area contributed by atoms with Crippen LogP contribution in [0.3, 0.4) is 0 Å². The van der Waals surface area contributed by atoms with E-state index in [-0.39, 0.29) is 12.1 Å². The number of benzene rings is 1. The maximum Gasteiger partial charge on any atom is 0.317 e. The van der Waals surface area contributed by atoms with E-state index in [4.69, 9.17) is 11.6 Å². The first-order valence-corrected chi connectivity index (χ1v) is 8.15. The molecule has 0 spiro atoms. The molecule has 0 radical (unpaired) electrons. The van der Waals surface area contributed by atoms with Gasteiger partial charge in [-0.3, -0.25) is 4.98 Å². The molecule has 0 aliphatic rings. The average molecular weight is 347 g/mol. The molecule has 1 heterocycles. The highest BCUT2D eigenvalue weighted by atomic mass is 35.5. The van der Waals surface area contributed by atoms with Gasteiger partial charge in [-0.1, -0.05) is 23.7 Å². The number of carbonyl (C=O) groups is 1. The highest BCUT2D eigenvalue weighted by Crippen LogP contribution is 2.19. The zero-order valence-corrected chi connectivity index (χ0v) is 15.0. The predicted molar refractivity (Wildman–Crippen MR) is 97.0 cm³/mol. The van der Waals surface area contributed by atoms with Crippen molar-refractivity contribution in [3.05, 3.63) is 64.9 Å². The third-order valence-electron chi connectivity index (χ3n) is 3.84. The Kier molecular flexibility index (Phi) is 6.58. The number of aromatic nitrogens is 1. The topological polar surface area (TPSA) is 48.5 Å². The zero-order chi connectivity index (χ0) is 17.5. The summed E-state index contributed by atoms with van der Waals surface area (Å²) in [5.74, 6) is 0. The summed E-state index contributed by atoms with van der Waals surface area (Å²) in [6, 6.07) is 11.5. The van der Waals surface area contributed by atoms with Crippen LogP contribution in [0.15, 0.2) is 48.8 Å². The summed E-state index contributed by atoms with van der Waals surface area (Å²) in [4.78, 5) is 20.0. The maximum absolute atomic E-state index is 12.3. The summed E-state index contributed by atoms with van der Waals surface area (Å²) in [7, 11) is 5.76. The Hall–Kier alpha value is -2.11. The van der Waals surface area contributed by atoms with E-state index in [0.717, 1.165) is 11.1 Å². The van der Waals surface area contributed by atoms with Crippen LogP contribution in [0.4, 0.5) is 4.79 Å². The molecule has 0 saturated heterocycles.